The highest BCUT2D eigenvalue weighted by molar-refractivity contribution is 5.85. The summed E-state index contributed by atoms with van der Waals surface area (Å²) in [6.45, 7) is 3.34. The third kappa shape index (κ3) is 4.42. The van der Waals surface area contributed by atoms with Crippen molar-refractivity contribution in [1.82, 2.24) is 34.6 Å². The van der Waals surface area contributed by atoms with Crippen LogP contribution in [0.5, 0.6) is 5.88 Å². The second-order valence-corrected chi connectivity index (χ2v) is 10.7. The summed E-state index contributed by atoms with van der Waals surface area (Å²) in [6, 6.07) is 10.1. The maximum absolute atomic E-state index is 13.2. The van der Waals surface area contributed by atoms with Crippen LogP contribution in [0, 0.1) is 5.92 Å². The fraction of sp³-hybridized carbons (Fsp3) is 0.444. The Hall–Kier alpha value is -4.16. The van der Waals surface area contributed by atoms with Gasteiger partial charge in [0, 0.05) is 49.3 Å². The number of rotatable bonds is 6. The first kappa shape index (κ1) is 24.9. The Bertz CT molecular complexity index is 1590. The van der Waals surface area contributed by atoms with Crippen LogP contribution in [0.15, 0.2) is 36.7 Å². The minimum absolute atomic E-state index is 0.0326. The van der Waals surface area contributed by atoms with Crippen LogP contribution < -0.4 is 15.0 Å². The molecule has 0 radical (unpaired) electrons. The van der Waals surface area contributed by atoms with Crippen LogP contribution in [0.4, 0.5) is 18.9 Å². The van der Waals surface area contributed by atoms with Crippen molar-refractivity contribution in [3.63, 3.8) is 0 Å². The van der Waals surface area contributed by atoms with Gasteiger partial charge in [-0.25, -0.2) is 9.97 Å². The first-order valence-corrected chi connectivity index (χ1v) is 13.4. The first-order valence-electron chi connectivity index (χ1n) is 13.4. The topological polar surface area (TPSA) is 103 Å². The lowest BCUT2D eigenvalue weighted by Gasteiger charge is -2.30. The van der Waals surface area contributed by atoms with Crippen molar-refractivity contribution in [2.45, 2.75) is 57.6 Å². The van der Waals surface area contributed by atoms with E-state index in [4.69, 9.17) is 9.72 Å². The number of alkyl halides is 3. The van der Waals surface area contributed by atoms with E-state index >= 15 is 0 Å². The highest BCUT2D eigenvalue weighted by atomic mass is 19.4. The van der Waals surface area contributed by atoms with Crippen molar-refractivity contribution >= 4 is 22.6 Å². The van der Waals surface area contributed by atoms with Gasteiger partial charge in [-0.3, -0.25) is 4.79 Å². The van der Waals surface area contributed by atoms with Crippen LogP contribution >= 0.6 is 0 Å². The van der Waals surface area contributed by atoms with E-state index < -0.39 is 12.0 Å². The van der Waals surface area contributed by atoms with Crippen molar-refractivity contribution in [2.75, 3.05) is 18.0 Å². The fourth-order valence-corrected chi connectivity index (χ4v) is 5.55. The molecule has 1 aromatic carbocycles. The smallest absolute Gasteiger partial charge is 0.451 e. The van der Waals surface area contributed by atoms with Crippen molar-refractivity contribution < 1.29 is 22.7 Å². The average Bonchev–Trinajstić information content (AvgIpc) is 3.31. The summed E-state index contributed by atoms with van der Waals surface area (Å²) in [5.74, 6) is -0.0664. The van der Waals surface area contributed by atoms with Crippen molar-refractivity contribution in [1.29, 1.82) is 0 Å². The van der Waals surface area contributed by atoms with Crippen LogP contribution in [0.1, 0.15) is 43.9 Å². The van der Waals surface area contributed by atoms with E-state index in [1.807, 2.05) is 48.5 Å². The second-order valence-electron chi connectivity index (χ2n) is 10.7. The van der Waals surface area contributed by atoms with Crippen LogP contribution in [0.3, 0.4) is 0 Å². The molecule has 10 nitrogen and oxygen atoms in total. The highest BCUT2D eigenvalue weighted by Crippen LogP contribution is 2.40. The van der Waals surface area contributed by atoms with Crippen molar-refractivity contribution in [3.8, 4) is 17.1 Å². The molecule has 1 amide bonds. The van der Waals surface area contributed by atoms with Gasteiger partial charge in [0.2, 0.25) is 17.6 Å². The largest absolute Gasteiger partial charge is 0.473 e. The zero-order chi connectivity index (χ0) is 27.6. The van der Waals surface area contributed by atoms with E-state index in [2.05, 4.69) is 25.1 Å². The molecule has 13 heteroatoms. The number of hydrogen-bond acceptors (Lipinski definition) is 7. The number of halogens is 3. The number of fused-ring (bicyclic) bond motifs is 2. The summed E-state index contributed by atoms with van der Waals surface area (Å²) >= 11 is 0. The van der Waals surface area contributed by atoms with Gasteiger partial charge in [-0.2, -0.15) is 13.2 Å². The van der Waals surface area contributed by atoms with E-state index in [1.54, 1.807) is 0 Å². The number of amides is 1. The third-order valence-electron chi connectivity index (χ3n) is 7.97. The predicted octanol–water partition coefficient (Wildman–Crippen LogP) is 3.97. The minimum Gasteiger partial charge on any atom is -0.473 e. The van der Waals surface area contributed by atoms with E-state index in [9.17, 15) is 18.0 Å². The Balaban J connectivity index is 1.16. The van der Waals surface area contributed by atoms with Crippen LogP contribution in [0.25, 0.3) is 22.3 Å². The van der Waals surface area contributed by atoms with Gasteiger partial charge in [0.05, 0.1) is 24.1 Å². The van der Waals surface area contributed by atoms with Crippen LogP contribution in [-0.4, -0.2) is 54.4 Å². The summed E-state index contributed by atoms with van der Waals surface area (Å²) in [5.41, 5.74) is 4.09. The normalized spacial score (nSPS) is 20.1. The second kappa shape index (κ2) is 9.20. The monoisotopic (exact) mass is 552 g/mol. The number of aromatic nitrogens is 6. The lowest BCUT2D eigenvalue weighted by atomic mass is 10.0. The molecule has 1 saturated carbocycles. The van der Waals surface area contributed by atoms with E-state index in [0.29, 0.717) is 37.1 Å². The third-order valence-corrected chi connectivity index (χ3v) is 7.97. The first-order chi connectivity index (χ1) is 19.2. The van der Waals surface area contributed by atoms with Gasteiger partial charge in [0.1, 0.15) is 11.6 Å². The van der Waals surface area contributed by atoms with Crippen LogP contribution in [-0.2, 0) is 24.1 Å². The highest BCUT2D eigenvalue weighted by Gasteiger charge is 2.39. The van der Waals surface area contributed by atoms with E-state index in [0.717, 1.165) is 39.7 Å². The van der Waals surface area contributed by atoms with Crippen molar-refractivity contribution in [3.05, 3.63) is 48.3 Å². The summed E-state index contributed by atoms with van der Waals surface area (Å²) in [5, 5.41) is 10.0. The summed E-state index contributed by atoms with van der Waals surface area (Å²) < 4.78 is 49.3. The minimum atomic E-state index is -4.52. The number of nitrogens with one attached hydrogen (secondary N) is 1. The average molecular weight is 553 g/mol. The van der Waals surface area contributed by atoms with Gasteiger partial charge < -0.3 is 24.1 Å². The Kier molecular flexibility index (Phi) is 5.72. The molecule has 1 N–H and O–H groups in total. The molecular weight excluding hydrogens is 525 g/mol. The molecular formula is C27H27F3N8O2. The Morgan fingerprint density at radius 2 is 1.93 bits per heavy atom. The maximum atomic E-state index is 13.2. The lowest BCUT2D eigenvalue weighted by Crippen LogP contribution is -2.35. The summed E-state index contributed by atoms with van der Waals surface area (Å²) in [6.07, 6.45) is -0.284. The Labute approximate surface area is 227 Å². The van der Waals surface area contributed by atoms with Gasteiger partial charge in [-0.15, -0.1) is 10.2 Å². The molecule has 1 saturated heterocycles. The number of ether oxygens (including phenoxy) is 1. The van der Waals surface area contributed by atoms with Gasteiger partial charge >= 0.3 is 6.18 Å². The molecule has 208 valence electrons. The standard InChI is InChI=1S/C27H27F3N8O2/c1-15(17-10-23(39)31-12-17)40-25-24-21(32-14-38(24)19-6-7-19)11-20(33-25)16-2-4-18(5-3-16)36-8-9-37-22(13-36)34-35-26(37)27(28,29)30/h2-5,11,14-15,17,19H,6-10,12-13H2,1H3,(H,31,39)/t15-,17-/m1/s1. The summed E-state index contributed by atoms with van der Waals surface area (Å²) in [4.78, 5) is 23.3. The van der Waals surface area contributed by atoms with Gasteiger partial charge in [-0.1, -0.05) is 12.1 Å². The molecule has 2 fully saturated rings. The molecule has 0 spiro atoms. The molecule has 3 aromatic heterocycles. The van der Waals surface area contributed by atoms with E-state index in [1.165, 1.54) is 0 Å². The number of carbonyl (C=O) groups excluding carboxylic acids is 1. The summed E-state index contributed by atoms with van der Waals surface area (Å²) in [7, 11) is 0. The number of hydrogen-bond donors (Lipinski definition) is 1. The lowest BCUT2D eigenvalue weighted by molar-refractivity contribution is -0.147. The van der Waals surface area contributed by atoms with E-state index in [-0.39, 0.29) is 36.8 Å². The number of nitrogens with zero attached hydrogens (tertiary/aromatic N) is 7. The van der Waals surface area contributed by atoms with Crippen LogP contribution in [0.2, 0.25) is 0 Å². The fourth-order valence-electron chi connectivity index (χ4n) is 5.55. The molecule has 40 heavy (non-hydrogen) atoms. The van der Waals surface area contributed by atoms with Gasteiger partial charge in [0.15, 0.2) is 5.82 Å². The Morgan fingerprint density at radius 1 is 1.12 bits per heavy atom. The molecule has 2 atom stereocenters. The maximum Gasteiger partial charge on any atom is 0.451 e. The predicted molar refractivity (Wildman–Crippen MR) is 139 cm³/mol. The molecule has 3 aliphatic rings. The molecule has 7 rings (SSSR count). The SMILES string of the molecule is C[C@@H](Oc1nc(-c2ccc(N3CCn4c(nnc4C(F)(F)F)C3)cc2)cc2ncn(C3CC3)c12)[C@H]1CNC(=O)C1. The molecule has 4 aromatic rings. The number of benzene rings is 1. The zero-order valence-electron chi connectivity index (χ0n) is 21.7. The quantitative estimate of drug-likeness (QED) is 0.386. The zero-order valence-corrected chi connectivity index (χ0v) is 21.7. The van der Waals surface area contributed by atoms with Gasteiger partial charge in [-0.05, 0) is 38.0 Å². The molecule has 2 aliphatic heterocycles. The number of anilines is 1. The number of pyridine rings is 1. The molecule has 5 heterocycles. The van der Waals surface area contributed by atoms with Gasteiger partial charge in [0.25, 0.3) is 0 Å². The van der Waals surface area contributed by atoms with Crippen molar-refractivity contribution in [2.24, 2.45) is 5.92 Å². The number of imidazole rings is 1. The molecule has 1 aliphatic carbocycles. The Morgan fingerprint density at radius 3 is 2.62 bits per heavy atom. The number of carbonyl (C=O) groups is 1. The molecule has 0 bridgehead atoms. The molecule has 0 unspecified atom stereocenters.